The molecule has 2 rings (SSSR count). The molecule has 7 N–H and O–H groups in total. The van der Waals surface area contributed by atoms with Crippen LogP contribution >= 0.6 is 11.6 Å². The second-order valence-electron chi connectivity index (χ2n) is 11.7. The highest BCUT2D eigenvalue weighted by atomic mass is 35.5. The second-order valence-corrected chi connectivity index (χ2v) is 12.1. The van der Waals surface area contributed by atoms with E-state index in [-0.39, 0.29) is 13.0 Å². The number of halogens is 1. The van der Waals surface area contributed by atoms with E-state index < -0.39 is 61.5 Å². The number of aliphatic hydroxyl groups excluding tert-OH is 6. The number of aliphatic hydroxyl groups is 6. The van der Waals surface area contributed by atoms with E-state index in [0.29, 0.717) is 23.4 Å². The molecule has 1 aromatic carbocycles. The summed E-state index contributed by atoms with van der Waals surface area (Å²) in [6.07, 6.45) is 4.38. The van der Waals surface area contributed by atoms with Gasteiger partial charge in [-0.3, -0.25) is 4.79 Å². The van der Waals surface area contributed by atoms with Gasteiger partial charge in [0, 0.05) is 5.02 Å². The van der Waals surface area contributed by atoms with Crippen LogP contribution in [0.3, 0.4) is 0 Å². The summed E-state index contributed by atoms with van der Waals surface area (Å²) in [6, 6.07) is 5.78. The van der Waals surface area contributed by atoms with E-state index in [4.69, 9.17) is 21.1 Å². The molecule has 1 fully saturated rings. The van der Waals surface area contributed by atoms with Crippen LogP contribution in [0.1, 0.15) is 96.0 Å². The summed E-state index contributed by atoms with van der Waals surface area (Å²) in [7, 11) is 0. The topological polar surface area (TPSA) is 169 Å². The molecule has 0 saturated carbocycles. The lowest BCUT2D eigenvalue weighted by molar-refractivity contribution is -0.303. The molecule has 0 aromatic heterocycles. The number of rotatable bonds is 22. The molecular weight excluding hydrogens is 578 g/mol. The number of benzene rings is 1. The zero-order valence-corrected chi connectivity index (χ0v) is 26.3. The lowest BCUT2D eigenvalue weighted by atomic mass is 9.98. The van der Waals surface area contributed by atoms with Crippen LogP contribution in [-0.4, -0.2) is 98.7 Å². The van der Waals surface area contributed by atoms with Gasteiger partial charge in [-0.05, 0) is 18.1 Å². The van der Waals surface area contributed by atoms with Gasteiger partial charge >= 0.3 is 0 Å². The summed E-state index contributed by atoms with van der Waals surface area (Å²) in [5.41, 5.74) is 0.585. The van der Waals surface area contributed by atoms with Crippen molar-refractivity contribution in [3.05, 3.63) is 34.9 Å². The van der Waals surface area contributed by atoms with Gasteiger partial charge in [-0.15, -0.1) is 0 Å². The van der Waals surface area contributed by atoms with Crippen LogP contribution in [0.15, 0.2) is 24.3 Å². The third-order valence-electron chi connectivity index (χ3n) is 8.10. The number of carbonyl (C=O) groups is 1. The average molecular weight is 632 g/mol. The van der Waals surface area contributed by atoms with E-state index in [0.717, 1.165) is 19.3 Å². The lowest BCUT2D eigenvalue weighted by Gasteiger charge is -2.40. The summed E-state index contributed by atoms with van der Waals surface area (Å²) in [4.78, 5) is 12.9. The summed E-state index contributed by atoms with van der Waals surface area (Å²) in [5.74, 6) is -0.466. The highest BCUT2D eigenvalue weighted by Gasteiger charge is 2.44. The van der Waals surface area contributed by atoms with Crippen LogP contribution in [0.25, 0.3) is 0 Å². The van der Waals surface area contributed by atoms with E-state index >= 15 is 0 Å². The summed E-state index contributed by atoms with van der Waals surface area (Å²) in [5, 5.41) is 64.7. The third-order valence-corrected chi connectivity index (χ3v) is 8.47. The fourth-order valence-electron chi connectivity index (χ4n) is 5.34. The van der Waals surface area contributed by atoms with Crippen molar-refractivity contribution in [1.82, 2.24) is 5.32 Å². The number of ether oxygens (including phenoxy) is 2. The smallest absolute Gasteiger partial charge is 0.224 e. The molecule has 43 heavy (non-hydrogen) atoms. The van der Waals surface area contributed by atoms with Crippen molar-refractivity contribution in [2.45, 2.75) is 146 Å². The molecule has 248 valence electrons. The number of hydrogen-bond donors (Lipinski definition) is 7. The lowest BCUT2D eigenvalue weighted by Crippen LogP contribution is -2.60. The maximum Gasteiger partial charge on any atom is 0.224 e. The van der Waals surface area contributed by atoms with Crippen LogP contribution in [0.2, 0.25) is 5.02 Å². The molecule has 0 radical (unpaired) electrons. The number of amides is 1. The number of unbranched alkanes of at least 4 members (excludes halogenated alkanes) is 11. The van der Waals surface area contributed by atoms with Gasteiger partial charge in [0.15, 0.2) is 6.29 Å². The fraction of sp³-hybridized carbons (Fsp3) is 0.781. The Morgan fingerprint density at radius 3 is 2.07 bits per heavy atom. The molecule has 1 amide bonds. The van der Waals surface area contributed by atoms with Crippen molar-refractivity contribution in [1.29, 1.82) is 0 Å². The van der Waals surface area contributed by atoms with Gasteiger partial charge in [0.2, 0.25) is 5.91 Å². The summed E-state index contributed by atoms with van der Waals surface area (Å²) < 4.78 is 11.0. The minimum atomic E-state index is -1.64. The minimum Gasteiger partial charge on any atom is -0.394 e. The van der Waals surface area contributed by atoms with Crippen LogP contribution in [-0.2, 0) is 20.7 Å². The molecule has 10 nitrogen and oxygen atoms in total. The molecule has 8 atom stereocenters. The second kappa shape index (κ2) is 21.4. The predicted octanol–water partition coefficient (Wildman–Crippen LogP) is 3.00. The quantitative estimate of drug-likeness (QED) is 0.0951. The Morgan fingerprint density at radius 1 is 0.907 bits per heavy atom. The van der Waals surface area contributed by atoms with Crippen molar-refractivity contribution < 1.29 is 44.9 Å². The Kier molecular flexibility index (Phi) is 18.8. The summed E-state index contributed by atoms with van der Waals surface area (Å²) in [6.45, 7) is 1.22. The molecular formula is C32H54ClNO9. The van der Waals surface area contributed by atoms with E-state index in [1.807, 2.05) is 0 Å². The number of nitrogens with one attached hydrogen (secondary N) is 1. The fourth-order valence-corrected chi connectivity index (χ4v) is 5.54. The van der Waals surface area contributed by atoms with Crippen molar-refractivity contribution >= 4 is 17.5 Å². The Morgan fingerprint density at radius 2 is 1.49 bits per heavy atom. The first-order chi connectivity index (χ1) is 20.7. The molecule has 1 aliphatic heterocycles. The Balaban J connectivity index is 1.86. The van der Waals surface area contributed by atoms with Crippen molar-refractivity contribution in [2.24, 2.45) is 0 Å². The van der Waals surface area contributed by atoms with Gasteiger partial charge in [-0.25, -0.2) is 0 Å². The number of carbonyl (C=O) groups excluding carboxylic acids is 1. The molecule has 1 heterocycles. The zero-order chi connectivity index (χ0) is 31.6. The van der Waals surface area contributed by atoms with Gasteiger partial charge < -0.3 is 45.4 Å². The Labute approximate surface area is 261 Å². The maximum atomic E-state index is 12.9. The molecule has 1 aromatic rings. The van der Waals surface area contributed by atoms with Crippen LogP contribution in [0, 0.1) is 0 Å². The first-order valence-electron chi connectivity index (χ1n) is 16.0. The standard InChI is InChI=1S/C32H54ClNO9/c1-2-3-4-5-6-7-8-9-10-11-12-13-18-25(36)28(38)24(34-27(37)19-22-16-14-15-17-23(22)33)21-42-32-31(41)30(40)29(39)26(20-35)43-32/h14-17,24-26,28-32,35-36,38-41H,2-13,18-21H2,1H3,(H,34,37)/t24-,25+,26+,28-,29-,30-,31+,32-/m0/s1. The van der Waals surface area contributed by atoms with Crippen LogP contribution in [0.4, 0.5) is 0 Å². The molecule has 11 heteroatoms. The SMILES string of the molecule is CCCCCCCCCCCCCC[C@@H](O)[C@@H](O)[C@H](CO[C@H]1O[C@H](CO)[C@H](O)[C@H](O)[C@H]1O)NC(=O)Cc1ccccc1Cl. The molecule has 0 unspecified atom stereocenters. The van der Waals surface area contributed by atoms with E-state index in [1.165, 1.54) is 51.4 Å². The normalized spacial score (nSPS) is 24.4. The minimum absolute atomic E-state index is 0.0717. The van der Waals surface area contributed by atoms with Crippen molar-refractivity contribution in [2.75, 3.05) is 13.2 Å². The van der Waals surface area contributed by atoms with Gasteiger partial charge in [-0.2, -0.15) is 0 Å². The van der Waals surface area contributed by atoms with Crippen LogP contribution < -0.4 is 5.32 Å². The van der Waals surface area contributed by atoms with E-state index in [2.05, 4.69) is 12.2 Å². The van der Waals surface area contributed by atoms with Gasteiger partial charge in [0.25, 0.3) is 0 Å². The van der Waals surface area contributed by atoms with E-state index in [9.17, 15) is 35.4 Å². The highest BCUT2D eigenvalue weighted by molar-refractivity contribution is 6.31. The van der Waals surface area contributed by atoms with E-state index in [1.54, 1.807) is 24.3 Å². The average Bonchev–Trinajstić information content (AvgIpc) is 3.00. The maximum absolute atomic E-state index is 12.9. The van der Waals surface area contributed by atoms with Gasteiger partial charge in [0.1, 0.15) is 30.5 Å². The van der Waals surface area contributed by atoms with Crippen molar-refractivity contribution in [3.8, 4) is 0 Å². The Hall–Kier alpha value is -1.34. The third kappa shape index (κ3) is 13.7. The monoisotopic (exact) mass is 631 g/mol. The molecule has 0 spiro atoms. The Bertz CT molecular complexity index is 892. The van der Waals surface area contributed by atoms with Crippen molar-refractivity contribution in [3.63, 3.8) is 0 Å². The molecule has 0 aliphatic carbocycles. The number of hydrogen-bond acceptors (Lipinski definition) is 9. The predicted molar refractivity (Wildman–Crippen MR) is 165 cm³/mol. The zero-order valence-electron chi connectivity index (χ0n) is 25.5. The first kappa shape index (κ1) is 37.8. The summed E-state index contributed by atoms with van der Waals surface area (Å²) >= 11 is 6.19. The van der Waals surface area contributed by atoms with Gasteiger partial charge in [-0.1, -0.05) is 114 Å². The van der Waals surface area contributed by atoms with Gasteiger partial charge in [0.05, 0.1) is 31.8 Å². The molecule has 0 bridgehead atoms. The molecule has 1 aliphatic rings. The van der Waals surface area contributed by atoms with Crippen LogP contribution in [0.5, 0.6) is 0 Å². The largest absolute Gasteiger partial charge is 0.394 e. The first-order valence-corrected chi connectivity index (χ1v) is 16.4. The highest BCUT2D eigenvalue weighted by Crippen LogP contribution is 2.23. The molecule has 1 saturated heterocycles.